The third-order valence-corrected chi connectivity index (χ3v) is 6.31. The summed E-state index contributed by atoms with van der Waals surface area (Å²) in [6, 6.07) is 3.93. The minimum atomic E-state index is -2.92. The molecule has 0 amide bonds. The van der Waals surface area contributed by atoms with E-state index in [0.29, 0.717) is 18.9 Å². The van der Waals surface area contributed by atoms with Gasteiger partial charge in [0.25, 0.3) is 0 Å². The first kappa shape index (κ1) is 21.1. The molecule has 2 atom stereocenters. The maximum absolute atomic E-state index is 11.6. The van der Waals surface area contributed by atoms with Gasteiger partial charge in [-0.05, 0) is 25.5 Å². The van der Waals surface area contributed by atoms with Crippen molar-refractivity contribution >= 4 is 39.8 Å². The Bertz CT molecular complexity index is 782. The lowest BCUT2D eigenvalue weighted by Gasteiger charge is -2.17. The van der Waals surface area contributed by atoms with Gasteiger partial charge in [0.05, 0.1) is 18.6 Å². The van der Waals surface area contributed by atoms with Crippen LogP contribution in [0.4, 0.5) is 0 Å². The first-order valence-electron chi connectivity index (χ1n) is 8.44. The van der Waals surface area contributed by atoms with Crippen LogP contribution in [0.2, 0.25) is 0 Å². The number of sulfone groups is 1. The van der Waals surface area contributed by atoms with Gasteiger partial charge in [-0.2, -0.15) is 0 Å². The number of aliphatic imine (C=N–C) groups is 1. The van der Waals surface area contributed by atoms with Crippen LogP contribution < -0.4 is 20.1 Å². The summed E-state index contributed by atoms with van der Waals surface area (Å²) in [6.07, 6.45) is 1.68. The minimum absolute atomic E-state index is 0. The molecule has 0 bridgehead atoms. The Morgan fingerprint density at radius 2 is 2.19 bits per heavy atom. The van der Waals surface area contributed by atoms with Crippen LogP contribution in [-0.4, -0.2) is 52.2 Å². The van der Waals surface area contributed by atoms with E-state index in [1.54, 1.807) is 14.2 Å². The lowest BCUT2D eigenvalue weighted by Crippen LogP contribution is -2.43. The second-order valence-corrected chi connectivity index (χ2v) is 8.80. The summed E-state index contributed by atoms with van der Waals surface area (Å²) in [4.78, 5) is 4.18. The van der Waals surface area contributed by atoms with E-state index in [9.17, 15) is 8.42 Å². The summed E-state index contributed by atoms with van der Waals surface area (Å²) >= 11 is 0. The van der Waals surface area contributed by atoms with Crippen LogP contribution in [0, 0.1) is 0 Å². The second kappa shape index (κ2) is 8.64. The molecule has 26 heavy (non-hydrogen) atoms. The standard InChI is InChI=1S/C17H25N3O4S.HI/c1-11-6-12-7-15(23-3)13(8-16(12)24-11)9-19-17(18-2)20-14-4-5-25(21,22)10-14;/h7-8,11,14H,4-6,9-10H2,1-3H3,(H2,18,19,20);1H. The Morgan fingerprint density at radius 1 is 1.42 bits per heavy atom. The zero-order valence-electron chi connectivity index (χ0n) is 15.2. The molecule has 2 heterocycles. The van der Waals surface area contributed by atoms with Gasteiger partial charge in [0.15, 0.2) is 15.8 Å². The average Bonchev–Trinajstić information content (AvgIpc) is 3.10. The highest BCUT2D eigenvalue weighted by Gasteiger charge is 2.28. The van der Waals surface area contributed by atoms with Gasteiger partial charge in [0.2, 0.25) is 0 Å². The molecule has 2 unspecified atom stereocenters. The van der Waals surface area contributed by atoms with Gasteiger partial charge in [-0.3, -0.25) is 4.99 Å². The van der Waals surface area contributed by atoms with E-state index in [-0.39, 0.29) is 47.6 Å². The van der Waals surface area contributed by atoms with Crippen LogP contribution in [-0.2, 0) is 22.8 Å². The molecule has 2 N–H and O–H groups in total. The monoisotopic (exact) mass is 495 g/mol. The molecule has 0 radical (unpaired) electrons. The van der Waals surface area contributed by atoms with E-state index in [0.717, 1.165) is 29.0 Å². The third-order valence-electron chi connectivity index (χ3n) is 4.54. The SMILES string of the molecule is CN=C(NCc1cc2c(cc1OC)CC(C)O2)NC1CCS(=O)(=O)C1.I. The Labute approximate surface area is 171 Å². The predicted octanol–water partition coefficient (Wildman–Crippen LogP) is 1.49. The molecular weight excluding hydrogens is 469 g/mol. The number of methoxy groups -OCH3 is 1. The molecule has 0 aromatic heterocycles. The summed E-state index contributed by atoms with van der Waals surface area (Å²) in [7, 11) is 0.403. The number of halogens is 1. The van der Waals surface area contributed by atoms with Crippen molar-refractivity contribution in [2.45, 2.75) is 38.5 Å². The quantitative estimate of drug-likeness (QED) is 0.374. The number of hydrogen-bond donors (Lipinski definition) is 2. The van der Waals surface area contributed by atoms with Crippen molar-refractivity contribution in [2.75, 3.05) is 25.7 Å². The lowest BCUT2D eigenvalue weighted by molar-refractivity contribution is 0.254. The average molecular weight is 495 g/mol. The Kier molecular flexibility index (Phi) is 7.00. The Hall–Kier alpha value is -1.23. The Morgan fingerprint density at radius 3 is 2.81 bits per heavy atom. The van der Waals surface area contributed by atoms with Crippen molar-refractivity contribution in [1.82, 2.24) is 10.6 Å². The summed E-state index contributed by atoms with van der Waals surface area (Å²) in [5, 5.41) is 6.40. The van der Waals surface area contributed by atoms with Crippen LogP contribution in [0.3, 0.4) is 0 Å². The number of guanidine groups is 1. The molecule has 3 rings (SSSR count). The molecule has 0 saturated carbocycles. The van der Waals surface area contributed by atoms with Crippen LogP contribution in [0.1, 0.15) is 24.5 Å². The summed E-state index contributed by atoms with van der Waals surface area (Å²) in [5.41, 5.74) is 2.13. The van der Waals surface area contributed by atoms with Gasteiger partial charge >= 0.3 is 0 Å². The number of rotatable bonds is 4. The van der Waals surface area contributed by atoms with Gasteiger partial charge in [-0.1, -0.05) is 0 Å². The van der Waals surface area contributed by atoms with Gasteiger partial charge in [0, 0.05) is 37.2 Å². The van der Waals surface area contributed by atoms with Crippen LogP contribution >= 0.6 is 24.0 Å². The number of nitrogens with one attached hydrogen (secondary N) is 2. The van der Waals surface area contributed by atoms with Crippen molar-refractivity contribution in [1.29, 1.82) is 0 Å². The highest BCUT2D eigenvalue weighted by atomic mass is 127. The number of hydrogen-bond acceptors (Lipinski definition) is 5. The zero-order chi connectivity index (χ0) is 18.0. The van der Waals surface area contributed by atoms with Gasteiger partial charge in [-0.15, -0.1) is 24.0 Å². The molecule has 1 fully saturated rings. The largest absolute Gasteiger partial charge is 0.496 e. The molecular formula is C17H26IN3O4S. The van der Waals surface area contributed by atoms with E-state index in [4.69, 9.17) is 9.47 Å². The summed E-state index contributed by atoms with van der Waals surface area (Å²) in [6.45, 7) is 2.55. The van der Waals surface area contributed by atoms with Crippen LogP contribution in [0.25, 0.3) is 0 Å². The van der Waals surface area contributed by atoms with Gasteiger partial charge in [-0.25, -0.2) is 8.42 Å². The molecule has 1 aromatic rings. The summed E-state index contributed by atoms with van der Waals surface area (Å²) in [5.74, 6) is 2.67. The molecule has 1 saturated heterocycles. The molecule has 146 valence electrons. The first-order valence-corrected chi connectivity index (χ1v) is 10.3. The van der Waals surface area contributed by atoms with Crippen LogP contribution in [0.5, 0.6) is 11.5 Å². The highest BCUT2D eigenvalue weighted by Crippen LogP contribution is 2.34. The van der Waals surface area contributed by atoms with E-state index in [1.807, 2.05) is 19.1 Å². The van der Waals surface area contributed by atoms with E-state index >= 15 is 0 Å². The lowest BCUT2D eigenvalue weighted by atomic mass is 10.1. The number of nitrogens with zero attached hydrogens (tertiary/aromatic N) is 1. The maximum Gasteiger partial charge on any atom is 0.191 e. The van der Waals surface area contributed by atoms with Gasteiger partial charge < -0.3 is 20.1 Å². The normalized spacial score (nSPS) is 23.6. The predicted molar refractivity (Wildman–Crippen MR) is 113 cm³/mol. The Balaban J connectivity index is 0.00000243. The molecule has 7 nitrogen and oxygen atoms in total. The minimum Gasteiger partial charge on any atom is -0.496 e. The number of fused-ring (bicyclic) bond motifs is 1. The molecule has 0 spiro atoms. The molecule has 2 aliphatic heterocycles. The fraction of sp³-hybridized carbons (Fsp3) is 0.588. The van der Waals surface area contributed by atoms with Crippen molar-refractivity contribution in [2.24, 2.45) is 4.99 Å². The van der Waals surface area contributed by atoms with Crippen molar-refractivity contribution in [3.05, 3.63) is 23.3 Å². The van der Waals surface area contributed by atoms with Crippen LogP contribution in [0.15, 0.2) is 17.1 Å². The van der Waals surface area contributed by atoms with Crippen molar-refractivity contribution in [3.63, 3.8) is 0 Å². The number of benzene rings is 1. The third kappa shape index (κ3) is 4.93. The fourth-order valence-electron chi connectivity index (χ4n) is 3.29. The maximum atomic E-state index is 11.6. The zero-order valence-corrected chi connectivity index (χ0v) is 18.4. The van der Waals surface area contributed by atoms with Gasteiger partial charge in [0.1, 0.15) is 17.6 Å². The summed E-state index contributed by atoms with van der Waals surface area (Å²) < 4.78 is 34.5. The number of ether oxygens (including phenoxy) is 2. The van der Waals surface area contributed by atoms with E-state index in [2.05, 4.69) is 15.6 Å². The fourth-order valence-corrected chi connectivity index (χ4v) is 4.96. The van der Waals surface area contributed by atoms with Crippen molar-refractivity contribution < 1.29 is 17.9 Å². The highest BCUT2D eigenvalue weighted by molar-refractivity contribution is 14.0. The molecule has 2 aliphatic rings. The molecule has 0 aliphatic carbocycles. The molecule has 1 aromatic carbocycles. The molecule has 9 heteroatoms. The van der Waals surface area contributed by atoms with E-state index in [1.165, 1.54) is 0 Å². The topological polar surface area (TPSA) is 89.0 Å². The van der Waals surface area contributed by atoms with Crippen molar-refractivity contribution in [3.8, 4) is 11.5 Å². The smallest absolute Gasteiger partial charge is 0.191 e. The van der Waals surface area contributed by atoms with E-state index < -0.39 is 9.84 Å². The first-order chi connectivity index (χ1) is 11.9. The second-order valence-electron chi connectivity index (χ2n) is 6.57.